The number of aliphatic carboxylic acids is 1. The van der Waals surface area contributed by atoms with Crippen LogP contribution in [0.2, 0.25) is 0 Å². The average Bonchev–Trinajstić information content (AvgIpc) is 2.76. The number of thioether (sulfide) groups is 1. The lowest BCUT2D eigenvalue weighted by Gasteiger charge is -2.27. The molecule has 0 fully saturated rings. The van der Waals surface area contributed by atoms with Crippen LogP contribution in [0.15, 0.2) is 12.3 Å². The third-order valence-electron chi connectivity index (χ3n) is 4.67. The normalized spacial score (nSPS) is 13.5. The molecule has 196 valence electrons. The Labute approximate surface area is 205 Å². The van der Waals surface area contributed by atoms with E-state index in [4.69, 9.17) is 10.8 Å². The van der Waals surface area contributed by atoms with Gasteiger partial charge in [-0.1, -0.05) is 20.4 Å². The maximum Gasteiger partial charge on any atom is 0.305 e. The Bertz CT molecular complexity index is 678. The van der Waals surface area contributed by atoms with E-state index in [1.54, 1.807) is 18.7 Å². The molecule has 0 aliphatic heterocycles. The Balaban J connectivity index is 5.12. The van der Waals surface area contributed by atoms with Crippen LogP contribution < -0.4 is 32.3 Å². The molecule has 0 aromatic heterocycles. The Hall–Kier alpha value is -2.35. The maximum absolute atomic E-state index is 12.7. The molecule has 0 saturated carbocycles. The van der Waals surface area contributed by atoms with Crippen molar-refractivity contribution in [3.63, 3.8) is 0 Å². The molecule has 0 aliphatic rings. The number of likely N-dealkylation sites (N-methyl/N-ethyl adjacent to an activating group) is 1. The molecule has 0 aromatic carbocycles. The highest BCUT2D eigenvalue weighted by Crippen LogP contribution is 2.10. The summed E-state index contributed by atoms with van der Waals surface area (Å²) < 4.78 is 0. The molecule has 0 aromatic rings. The third-order valence-corrected chi connectivity index (χ3v) is 5.72. The van der Waals surface area contributed by atoms with Crippen LogP contribution in [-0.2, 0) is 19.2 Å². The van der Waals surface area contributed by atoms with Gasteiger partial charge >= 0.3 is 5.97 Å². The number of aliphatic hydroxyl groups excluding tert-OH is 1. The van der Waals surface area contributed by atoms with Gasteiger partial charge in [-0.05, 0) is 25.0 Å². The molecule has 0 spiro atoms. The summed E-state index contributed by atoms with van der Waals surface area (Å²) in [6.45, 7) is 9.52. The van der Waals surface area contributed by atoms with E-state index < -0.39 is 42.3 Å². The van der Waals surface area contributed by atoms with Crippen molar-refractivity contribution < 1.29 is 29.4 Å². The number of hydrogen-bond donors (Lipinski definition) is 8. The van der Waals surface area contributed by atoms with E-state index in [0.29, 0.717) is 31.0 Å². The van der Waals surface area contributed by atoms with Crippen LogP contribution in [0.3, 0.4) is 0 Å². The van der Waals surface area contributed by atoms with E-state index in [9.17, 15) is 24.3 Å². The number of carbonyl (C=O) groups is 4. The van der Waals surface area contributed by atoms with Crippen molar-refractivity contribution >= 4 is 35.5 Å². The van der Waals surface area contributed by atoms with Crippen molar-refractivity contribution in [1.29, 1.82) is 0 Å². The van der Waals surface area contributed by atoms with Gasteiger partial charge in [-0.2, -0.15) is 11.8 Å². The summed E-state index contributed by atoms with van der Waals surface area (Å²) in [7, 11) is 0. The number of nitrogens with two attached hydrogens (primary N) is 1. The summed E-state index contributed by atoms with van der Waals surface area (Å²) >= 11 is 1.62. The van der Waals surface area contributed by atoms with E-state index in [1.807, 2.05) is 13.8 Å². The van der Waals surface area contributed by atoms with E-state index in [2.05, 4.69) is 33.2 Å². The number of carboxylic acid groups (broad SMARTS) is 1. The minimum atomic E-state index is -1.22. The van der Waals surface area contributed by atoms with E-state index in [0.717, 1.165) is 5.75 Å². The fraction of sp³-hybridized carbons (Fsp3) is 0.714. The van der Waals surface area contributed by atoms with Gasteiger partial charge in [0.15, 0.2) is 0 Å². The van der Waals surface area contributed by atoms with Crippen LogP contribution in [-0.4, -0.2) is 89.9 Å². The van der Waals surface area contributed by atoms with Crippen LogP contribution in [0, 0.1) is 5.92 Å². The molecule has 12 nitrogen and oxygen atoms in total. The fourth-order valence-electron chi connectivity index (χ4n) is 2.95. The number of aliphatic hydroxyl groups is 1. The first-order chi connectivity index (χ1) is 16.1. The summed E-state index contributed by atoms with van der Waals surface area (Å²) in [6, 6.07) is -2.33. The van der Waals surface area contributed by atoms with Crippen LogP contribution >= 0.6 is 11.8 Å². The van der Waals surface area contributed by atoms with Crippen molar-refractivity contribution in [1.82, 2.24) is 26.6 Å². The monoisotopic (exact) mass is 504 g/mol. The van der Waals surface area contributed by atoms with Crippen LogP contribution in [0.25, 0.3) is 0 Å². The highest BCUT2D eigenvalue weighted by atomic mass is 32.2. The molecule has 0 saturated heterocycles. The lowest BCUT2D eigenvalue weighted by Crippen LogP contribution is -2.53. The van der Waals surface area contributed by atoms with Crippen LogP contribution in [0.4, 0.5) is 0 Å². The second-order valence-corrected chi connectivity index (χ2v) is 9.05. The number of carboxylic acids is 1. The zero-order valence-corrected chi connectivity index (χ0v) is 21.0. The molecule has 3 amide bonds. The van der Waals surface area contributed by atoms with Gasteiger partial charge in [-0.25, -0.2) is 0 Å². The number of rotatable bonds is 19. The molecule has 13 heteroatoms. The topological polar surface area (TPSA) is 195 Å². The van der Waals surface area contributed by atoms with Gasteiger partial charge < -0.3 is 37.2 Å². The summed E-state index contributed by atoms with van der Waals surface area (Å²) in [4.78, 5) is 48.1. The highest BCUT2D eigenvalue weighted by Gasteiger charge is 2.26. The van der Waals surface area contributed by atoms with E-state index in [-0.39, 0.29) is 25.1 Å². The predicted octanol–water partition coefficient (Wildman–Crippen LogP) is -1.68. The largest absolute Gasteiger partial charge is 0.481 e. The minimum Gasteiger partial charge on any atom is -0.481 e. The summed E-state index contributed by atoms with van der Waals surface area (Å²) in [5.41, 5.74) is 5.91. The van der Waals surface area contributed by atoms with E-state index >= 15 is 0 Å². The predicted molar refractivity (Wildman–Crippen MR) is 132 cm³/mol. The molecule has 34 heavy (non-hydrogen) atoms. The van der Waals surface area contributed by atoms with Gasteiger partial charge in [0.25, 0.3) is 0 Å². The van der Waals surface area contributed by atoms with Crippen molar-refractivity contribution in [2.45, 2.75) is 51.7 Å². The molecular formula is C21H40N6O6S. The summed E-state index contributed by atoms with van der Waals surface area (Å²) in [6.07, 6.45) is -0.0294. The Morgan fingerprint density at radius 1 is 1.03 bits per heavy atom. The average molecular weight is 505 g/mol. The van der Waals surface area contributed by atoms with Crippen molar-refractivity contribution in [2.75, 3.05) is 37.9 Å². The van der Waals surface area contributed by atoms with Gasteiger partial charge in [0.05, 0.1) is 31.8 Å². The van der Waals surface area contributed by atoms with Gasteiger partial charge in [-0.3, -0.25) is 24.5 Å². The second-order valence-electron chi connectivity index (χ2n) is 7.83. The first-order valence-corrected chi connectivity index (χ1v) is 12.4. The molecule has 3 unspecified atom stereocenters. The van der Waals surface area contributed by atoms with Gasteiger partial charge in [0.1, 0.15) is 6.04 Å². The highest BCUT2D eigenvalue weighted by molar-refractivity contribution is 7.99. The smallest absolute Gasteiger partial charge is 0.305 e. The van der Waals surface area contributed by atoms with Crippen molar-refractivity contribution in [3.8, 4) is 0 Å². The number of amides is 3. The zero-order chi connectivity index (χ0) is 26.1. The van der Waals surface area contributed by atoms with Gasteiger partial charge in [-0.15, -0.1) is 0 Å². The summed E-state index contributed by atoms with van der Waals surface area (Å²) in [5.74, 6) is -1.35. The maximum atomic E-state index is 12.7. The molecule has 0 bridgehead atoms. The summed E-state index contributed by atoms with van der Waals surface area (Å²) in [5, 5.41) is 31.5. The Morgan fingerprint density at radius 2 is 1.71 bits per heavy atom. The van der Waals surface area contributed by atoms with Crippen molar-refractivity contribution in [3.05, 3.63) is 12.3 Å². The molecular weight excluding hydrogens is 464 g/mol. The fourth-order valence-corrected chi connectivity index (χ4v) is 3.73. The lowest BCUT2D eigenvalue weighted by atomic mass is 10.0. The number of carbonyl (C=O) groups excluding carboxylic acids is 3. The van der Waals surface area contributed by atoms with Crippen LogP contribution in [0.1, 0.15) is 33.6 Å². The first-order valence-electron chi connectivity index (χ1n) is 11.2. The molecule has 3 atom stereocenters. The number of hydrogen-bond acceptors (Lipinski definition) is 9. The first kappa shape index (κ1) is 31.6. The van der Waals surface area contributed by atoms with Gasteiger partial charge in [0.2, 0.25) is 17.7 Å². The lowest BCUT2D eigenvalue weighted by molar-refractivity contribution is -0.140. The zero-order valence-electron chi connectivity index (χ0n) is 20.2. The second kappa shape index (κ2) is 18.0. The third kappa shape index (κ3) is 13.4. The van der Waals surface area contributed by atoms with Gasteiger partial charge in [0, 0.05) is 24.5 Å². The van der Waals surface area contributed by atoms with Crippen LogP contribution in [0.5, 0.6) is 0 Å². The quantitative estimate of drug-likeness (QED) is 0.0743. The minimum absolute atomic E-state index is 0.0770. The molecule has 0 heterocycles. The SMILES string of the molecule is C=C(NCC(=O)NC(CC(=O)O)C(=O)NCC)C(CCSCCN)NC(=O)C(NCO)C(C)C. The Morgan fingerprint density at radius 3 is 2.24 bits per heavy atom. The molecule has 9 N–H and O–H groups in total. The van der Waals surface area contributed by atoms with E-state index in [1.165, 1.54) is 0 Å². The standard InChI is InChI=1S/C21H40N6O6S/c1-5-23-20(32)16(10-18(30)31)26-17(29)11-24-14(4)15(6-8-34-9-7-22)27-21(33)19(13(2)3)25-12-28/h13,15-16,19,24-25,28H,4-12,22H2,1-3H3,(H,23,32)(H,26,29)(H,27,33)(H,30,31). The molecule has 0 radical (unpaired) electrons. The molecule has 0 aliphatic carbocycles. The Kier molecular flexibility index (Phi) is 16.8. The number of nitrogens with one attached hydrogen (secondary N) is 5. The molecule has 0 rings (SSSR count). The van der Waals surface area contributed by atoms with Crippen molar-refractivity contribution in [2.24, 2.45) is 11.7 Å².